The maximum Gasteiger partial charge on any atom is 0.213 e. The normalized spacial score (nSPS) is 11.0. The first-order chi connectivity index (χ1) is 8.74. The molecule has 0 radical (unpaired) electrons. The Bertz CT molecular complexity index is 711. The van der Waals surface area contributed by atoms with Crippen molar-refractivity contribution in [2.75, 3.05) is 0 Å². The van der Waals surface area contributed by atoms with Crippen LogP contribution < -0.4 is 0 Å². The quantitative estimate of drug-likeness (QED) is 0.706. The fourth-order valence-electron chi connectivity index (χ4n) is 1.59. The van der Waals surface area contributed by atoms with Gasteiger partial charge in [-0.2, -0.15) is 0 Å². The van der Waals surface area contributed by atoms with Crippen molar-refractivity contribution in [1.29, 1.82) is 0 Å². The summed E-state index contributed by atoms with van der Waals surface area (Å²) in [5, 5.41) is 12.6. The minimum absolute atomic E-state index is 0.284. The molecular formula is C11H8FN5S. The number of aromatic nitrogens is 5. The molecule has 0 N–H and O–H groups in total. The molecule has 18 heavy (non-hydrogen) atoms. The van der Waals surface area contributed by atoms with E-state index < -0.39 is 0 Å². The first kappa shape index (κ1) is 11.1. The lowest BCUT2D eigenvalue weighted by atomic mass is 10.2. The smallest absolute Gasteiger partial charge is 0.213 e. The van der Waals surface area contributed by atoms with E-state index in [0.717, 1.165) is 15.8 Å². The van der Waals surface area contributed by atoms with Gasteiger partial charge in [-0.25, -0.2) is 9.07 Å². The molecule has 5 nitrogen and oxygen atoms in total. The van der Waals surface area contributed by atoms with E-state index in [1.54, 1.807) is 24.0 Å². The number of fused-ring (bicyclic) bond motifs is 1. The molecule has 2 heterocycles. The first-order valence-electron chi connectivity index (χ1n) is 5.18. The third kappa shape index (κ3) is 1.92. The summed E-state index contributed by atoms with van der Waals surface area (Å²) in [7, 11) is 1.76. The van der Waals surface area contributed by atoms with Gasteiger partial charge in [-0.1, -0.05) is 0 Å². The van der Waals surface area contributed by atoms with Gasteiger partial charge >= 0.3 is 0 Å². The molecule has 0 amide bonds. The number of hydrogen-bond donors (Lipinski definition) is 0. The Morgan fingerprint density at radius 3 is 2.94 bits per heavy atom. The Labute approximate surface area is 106 Å². The average molecular weight is 261 g/mol. The molecule has 0 spiro atoms. The van der Waals surface area contributed by atoms with E-state index >= 15 is 0 Å². The van der Waals surface area contributed by atoms with Crippen LogP contribution in [0.2, 0.25) is 0 Å². The van der Waals surface area contributed by atoms with E-state index in [9.17, 15) is 4.39 Å². The van der Waals surface area contributed by atoms with Gasteiger partial charge in [0, 0.05) is 23.5 Å². The van der Waals surface area contributed by atoms with Gasteiger partial charge in [0.05, 0.1) is 5.52 Å². The highest BCUT2D eigenvalue weighted by Gasteiger charge is 2.09. The van der Waals surface area contributed by atoms with Crippen LogP contribution in [0.15, 0.2) is 40.5 Å². The second-order valence-corrected chi connectivity index (χ2v) is 4.67. The lowest BCUT2D eigenvalue weighted by Crippen LogP contribution is -1.93. The van der Waals surface area contributed by atoms with Crippen LogP contribution in [0, 0.1) is 5.82 Å². The van der Waals surface area contributed by atoms with Gasteiger partial charge < -0.3 is 0 Å². The number of rotatable bonds is 2. The fourth-order valence-corrected chi connectivity index (χ4v) is 2.43. The minimum atomic E-state index is -0.284. The molecule has 2 aromatic heterocycles. The number of nitrogens with zero attached hydrogens (tertiary/aromatic N) is 5. The molecule has 0 aliphatic rings. The van der Waals surface area contributed by atoms with Crippen molar-refractivity contribution in [3.8, 4) is 0 Å². The second kappa shape index (κ2) is 4.34. The third-order valence-corrected chi connectivity index (χ3v) is 3.55. The predicted octanol–water partition coefficient (Wildman–Crippen LogP) is 2.05. The van der Waals surface area contributed by atoms with Gasteiger partial charge in [0.2, 0.25) is 5.16 Å². The molecule has 0 saturated carbocycles. The number of halogens is 1. The number of aryl methyl sites for hydroxylation is 1. The zero-order valence-electron chi connectivity index (χ0n) is 9.41. The van der Waals surface area contributed by atoms with Crippen molar-refractivity contribution < 1.29 is 4.39 Å². The molecule has 3 rings (SSSR count). The lowest BCUT2D eigenvalue weighted by Gasteiger charge is -2.04. The Balaban J connectivity index is 2.11. The maximum absolute atomic E-state index is 13.3. The van der Waals surface area contributed by atoms with E-state index in [4.69, 9.17) is 0 Å². The van der Waals surface area contributed by atoms with Crippen LogP contribution in [0.3, 0.4) is 0 Å². The van der Waals surface area contributed by atoms with Crippen LogP contribution >= 0.6 is 11.8 Å². The van der Waals surface area contributed by atoms with E-state index in [0.29, 0.717) is 5.16 Å². The number of benzene rings is 1. The monoisotopic (exact) mass is 261 g/mol. The molecular weight excluding hydrogens is 253 g/mol. The molecule has 90 valence electrons. The molecule has 0 atom stereocenters. The van der Waals surface area contributed by atoms with Gasteiger partial charge in [-0.15, -0.1) is 5.10 Å². The highest BCUT2D eigenvalue weighted by Crippen LogP contribution is 2.31. The van der Waals surface area contributed by atoms with Gasteiger partial charge in [-0.3, -0.25) is 4.98 Å². The van der Waals surface area contributed by atoms with Crippen molar-refractivity contribution in [3.05, 3.63) is 36.3 Å². The molecule has 1 aromatic carbocycles. The largest absolute Gasteiger partial charge is 0.256 e. The van der Waals surface area contributed by atoms with E-state index in [-0.39, 0.29) is 5.82 Å². The second-order valence-electron chi connectivity index (χ2n) is 3.66. The summed E-state index contributed by atoms with van der Waals surface area (Å²) in [5.74, 6) is -0.284. The summed E-state index contributed by atoms with van der Waals surface area (Å²) in [5.41, 5.74) is 0.747. The Morgan fingerprint density at radius 2 is 2.17 bits per heavy atom. The van der Waals surface area contributed by atoms with Gasteiger partial charge in [-0.05, 0) is 46.5 Å². The number of pyridine rings is 1. The molecule has 0 aliphatic carbocycles. The molecule has 3 aromatic rings. The van der Waals surface area contributed by atoms with Crippen LogP contribution in [0.1, 0.15) is 0 Å². The molecule has 7 heteroatoms. The van der Waals surface area contributed by atoms with E-state index in [1.165, 1.54) is 23.9 Å². The molecule has 0 unspecified atom stereocenters. The predicted molar refractivity (Wildman–Crippen MR) is 64.6 cm³/mol. The number of tetrazole rings is 1. The fraction of sp³-hybridized carbons (Fsp3) is 0.0909. The zero-order chi connectivity index (χ0) is 12.5. The minimum Gasteiger partial charge on any atom is -0.256 e. The Morgan fingerprint density at radius 1 is 1.28 bits per heavy atom. The Hall–Kier alpha value is -2.02. The first-order valence-corrected chi connectivity index (χ1v) is 6.00. The van der Waals surface area contributed by atoms with Crippen molar-refractivity contribution in [2.24, 2.45) is 7.05 Å². The Kier molecular flexibility index (Phi) is 2.67. The van der Waals surface area contributed by atoms with Crippen LogP contribution in [-0.4, -0.2) is 25.2 Å². The summed E-state index contributed by atoms with van der Waals surface area (Å²) < 4.78 is 14.9. The van der Waals surface area contributed by atoms with Crippen molar-refractivity contribution in [1.82, 2.24) is 25.2 Å². The van der Waals surface area contributed by atoms with Crippen molar-refractivity contribution in [3.63, 3.8) is 0 Å². The van der Waals surface area contributed by atoms with Crippen LogP contribution in [0.4, 0.5) is 4.39 Å². The zero-order valence-corrected chi connectivity index (χ0v) is 10.2. The molecule has 0 aliphatic heterocycles. The summed E-state index contributed by atoms with van der Waals surface area (Å²) in [4.78, 5) is 5.07. The number of hydrogen-bond acceptors (Lipinski definition) is 5. The third-order valence-electron chi connectivity index (χ3n) is 2.45. The molecule has 0 bridgehead atoms. The van der Waals surface area contributed by atoms with Crippen molar-refractivity contribution >= 4 is 22.7 Å². The summed E-state index contributed by atoms with van der Waals surface area (Å²) >= 11 is 1.38. The average Bonchev–Trinajstić information content (AvgIpc) is 2.76. The molecule has 0 saturated heterocycles. The highest BCUT2D eigenvalue weighted by atomic mass is 32.2. The highest BCUT2D eigenvalue weighted by molar-refractivity contribution is 7.99. The maximum atomic E-state index is 13.3. The molecule has 0 fully saturated rings. The van der Waals surface area contributed by atoms with Crippen LogP contribution in [0.5, 0.6) is 0 Å². The topological polar surface area (TPSA) is 56.5 Å². The summed E-state index contributed by atoms with van der Waals surface area (Å²) in [6.07, 6.45) is 1.69. The van der Waals surface area contributed by atoms with Gasteiger partial charge in [0.1, 0.15) is 5.82 Å². The van der Waals surface area contributed by atoms with Crippen molar-refractivity contribution in [2.45, 2.75) is 10.1 Å². The van der Waals surface area contributed by atoms with Crippen LogP contribution in [0.25, 0.3) is 10.9 Å². The van der Waals surface area contributed by atoms with E-state index in [1.807, 2.05) is 6.07 Å². The SMILES string of the molecule is Cn1nnnc1Sc1ccnc2ccc(F)cc12. The van der Waals surface area contributed by atoms with E-state index in [2.05, 4.69) is 20.5 Å². The van der Waals surface area contributed by atoms with Gasteiger partial charge in [0.15, 0.2) is 0 Å². The summed E-state index contributed by atoms with van der Waals surface area (Å²) in [6.45, 7) is 0. The lowest BCUT2D eigenvalue weighted by molar-refractivity contribution is 0.629. The van der Waals surface area contributed by atoms with Gasteiger partial charge in [0.25, 0.3) is 0 Å². The standard InChI is InChI=1S/C11H8FN5S/c1-17-11(14-15-16-17)18-10-4-5-13-9-3-2-7(12)6-8(9)10/h2-6H,1H3. The summed E-state index contributed by atoms with van der Waals surface area (Å²) in [6, 6.07) is 6.34. The van der Waals surface area contributed by atoms with Crippen LogP contribution in [-0.2, 0) is 7.05 Å².